The lowest BCUT2D eigenvalue weighted by molar-refractivity contribution is 0.0997. The maximum atomic E-state index is 13.8. The number of hydrogen-bond donors (Lipinski definition) is 2. The van der Waals surface area contributed by atoms with Gasteiger partial charge >= 0.3 is 6.09 Å². The number of hydrogen-bond acceptors (Lipinski definition) is 6. The number of primary amides is 1. The summed E-state index contributed by atoms with van der Waals surface area (Å²) in [6.45, 7) is -0.263. The number of nitrogens with one attached hydrogen (secondary N) is 1. The lowest BCUT2D eigenvalue weighted by atomic mass is 10.1. The molecular formula is C17H17FN4O4. The third kappa shape index (κ3) is 2.39. The Hall–Kier alpha value is -3.10. The molecule has 3 heterocycles. The number of alkyl carbamates (subject to hydrolysis) is 1. The Morgan fingerprint density at radius 1 is 1.54 bits per heavy atom. The van der Waals surface area contributed by atoms with Gasteiger partial charge in [0.05, 0.1) is 30.3 Å². The van der Waals surface area contributed by atoms with Gasteiger partial charge in [0.2, 0.25) is 0 Å². The van der Waals surface area contributed by atoms with Crippen LogP contribution in [0.2, 0.25) is 0 Å². The number of methoxy groups -OCH3 is 1. The summed E-state index contributed by atoms with van der Waals surface area (Å²) in [5, 5.41) is 3.40. The van der Waals surface area contributed by atoms with Crippen molar-refractivity contribution in [3.8, 4) is 5.75 Å². The molecule has 2 aromatic rings. The summed E-state index contributed by atoms with van der Waals surface area (Å²) in [5.74, 6) is -0.301. The number of nitrogens with zero attached hydrogens (tertiary/aromatic N) is 2. The number of anilines is 1. The van der Waals surface area contributed by atoms with Crippen LogP contribution in [-0.2, 0) is 4.74 Å². The number of alkyl halides is 1. The molecule has 1 unspecified atom stereocenters. The minimum Gasteiger partial charge on any atom is -0.496 e. The maximum Gasteiger partial charge on any atom is 0.407 e. The van der Waals surface area contributed by atoms with Crippen LogP contribution in [0.15, 0.2) is 24.4 Å². The van der Waals surface area contributed by atoms with E-state index in [4.69, 9.17) is 15.2 Å². The Morgan fingerprint density at radius 3 is 3.04 bits per heavy atom. The van der Waals surface area contributed by atoms with Crippen molar-refractivity contribution in [3.63, 3.8) is 0 Å². The van der Waals surface area contributed by atoms with E-state index in [-0.39, 0.29) is 11.6 Å². The van der Waals surface area contributed by atoms with Crippen molar-refractivity contribution in [2.24, 2.45) is 5.73 Å². The first kappa shape index (κ1) is 16.4. The number of carbonyl (C=O) groups is 2. The van der Waals surface area contributed by atoms with E-state index in [2.05, 4.69) is 10.3 Å². The Labute approximate surface area is 148 Å². The maximum absolute atomic E-state index is 13.8. The second-order valence-corrected chi connectivity index (χ2v) is 6.26. The fraction of sp³-hybridized carbons (Fsp3) is 0.353. The van der Waals surface area contributed by atoms with Gasteiger partial charge in [-0.3, -0.25) is 9.78 Å². The number of ether oxygens (including phenoxy) is 2. The summed E-state index contributed by atoms with van der Waals surface area (Å²) in [4.78, 5) is 29.2. The van der Waals surface area contributed by atoms with Crippen LogP contribution in [0.25, 0.3) is 10.9 Å². The zero-order valence-corrected chi connectivity index (χ0v) is 13.9. The van der Waals surface area contributed by atoms with E-state index in [1.54, 1.807) is 24.4 Å². The molecule has 2 amide bonds. The summed E-state index contributed by atoms with van der Waals surface area (Å²) in [7, 11) is 1.44. The molecule has 0 radical (unpaired) electrons. The van der Waals surface area contributed by atoms with E-state index < -0.39 is 30.8 Å². The molecule has 2 saturated heterocycles. The fourth-order valence-corrected chi connectivity index (χ4v) is 3.71. The summed E-state index contributed by atoms with van der Waals surface area (Å²) in [5.41, 5.74) is 6.88. The Balaban J connectivity index is 1.82. The van der Waals surface area contributed by atoms with Gasteiger partial charge in [0, 0.05) is 23.8 Å². The van der Waals surface area contributed by atoms with Gasteiger partial charge in [-0.1, -0.05) is 0 Å². The molecular weight excluding hydrogens is 343 g/mol. The lowest BCUT2D eigenvalue weighted by Crippen LogP contribution is -2.38. The number of amides is 2. The highest BCUT2D eigenvalue weighted by atomic mass is 19.1. The van der Waals surface area contributed by atoms with Crippen molar-refractivity contribution in [2.45, 2.75) is 18.2 Å². The third-order valence-corrected chi connectivity index (χ3v) is 4.89. The molecule has 0 spiro atoms. The van der Waals surface area contributed by atoms with Crippen LogP contribution in [0, 0.1) is 0 Å². The molecule has 8 nitrogen and oxygen atoms in total. The molecule has 2 fully saturated rings. The zero-order chi connectivity index (χ0) is 18.4. The Morgan fingerprint density at radius 2 is 2.35 bits per heavy atom. The van der Waals surface area contributed by atoms with E-state index in [1.165, 1.54) is 7.11 Å². The Kier molecular flexibility index (Phi) is 3.78. The standard InChI is InChI=1S/C17H17FN4O4/c1-25-14-5-8-10(4-9(14)16(19)23)20-3-2-12(8)22-7-11-15(13(22)6-18)26-17(24)21-11/h2-5,11,13,15H,6-7H2,1H3,(H2,19,23)(H,21,24)/t11-,13?,15-/m1/s1. The van der Waals surface area contributed by atoms with Gasteiger partial charge in [-0.05, 0) is 18.2 Å². The van der Waals surface area contributed by atoms with Crippen LogP contribution in [-0.4, -0.2) is 55.5 Å². The van der Waals surface area contributed by atoms with Crippen molar-refractivity contribution < 1.29 is 23.5 Å². The van der Waals surface area contributed by atoms with Gasteiger partial charge in [-0.25, -0.2) is 9.18 Å². The van der Waals surface area contributed by atoms with Crippen molar-refractivity contribution in [1.82, 2.24) is 10.3 Å². The predicted octanol–water partition coefficient (Wildman–Crippen LogP) is 0.977. The average Bonchev–Trinajstić information content (AvgIpc) is 3.15. The molecule has 3 N–H and O–H groups in total. The SMILES string of the molecule is COc1cc2c(N3C[C@H]4NC(=O)O[C@H]4C3CF)ccnc2cc1C(N)=O. The van der Waals surface area contributed by atoms with Gasteiger partial charge in [0.1, 0.15) is 18.5 Å². The highest BCUT2D eigenvalue weighted by Crippen LogP contribution is 2.37. The molecule has 1 aromatic heterocycles. The summed E-state index contributed by atoms with van der Waals surface area (Å²) in [6.07, 6.45) is 0.505. The summed E-state index contributed by atoms with van der Waals surface area (Å²) < 4.78 is 24.2. The molecule has 2 aliphatic heterocycles. The minimum absolute atomic E-state index is 0.223. The molecule has 2 aliphatic rings. The van der Waals surface area contributed by atoms with Crippen LogP contribution in [0.3, 0.4) is 0 Å². The van der Waals surface area contributed by atoms with Gasteiger partial charge in [-0.2, -0.15) is 0 Å². The van der Waals surface area contributed by atoms with E-state index >= 15 is 0 Å². The normalized spacial score (nSPS) is 24.3. The van der Waals surface area contributed by atoms with Crippen molar-refractivity contribution in [1.29, 1.82) is 0 Å². The quantitative estimate of drug-likeness (QED) is 0.842. The largest absolute Gasteiger partial charge is 0.496 e. The number of halogens is 1. The number of nitrogens with two attached hydrogens (primary N) is 1. The number of rotatable bonds is 4. The topological polar surface area (TPSA) is 107 Å². The second-order valence-electron chi connectivity index (χ2n) is 6.26. The number of fused-ring (bicyclic) bond motifs is 2. The highest BCUT2D eigenvalue weighted by Gasteiger charge is 2.49. The lowest BCUT2D eigenvalue weighted by Gasteiger charge is -2.27. The minimum atomic E-state index is -0.670. The van der Waals surface area contributed by atoms with E-state index in [0.717, 1.165) is 5.69 Å². The molecule has 0 bridgehead atoms. The molecule has 1 aromatic carbocycles. The highest BCUT2D eigenvalue weighted by molar-refractivity contribution is 6.02. The van der Waals surface area contributed by atoms with E-state index in [1.807, 2.05) is 4.90 Å². The summed E-state index contributed by atoms with van der Waals surface area (Å²) in [6, 6.07) is 4.10. The number of pyridine rings is 1. The zero-order valence-electron chi connectivity index (χ0n) is 13.9. The number of benzene rings is 1. The third-order valence-electron chi connectivity index (χ3n) is 4.89. The second kappa shape index (κ2) is 6.01. The first-order valence-corrected chi connectivity index (χ1v) is 8.09. The number of carbonyl (C=O) groups excluding carboxylic acids is 2. The average molecular weight is 360 g/mol. The van der Waals surface area contributed by atoms with Crippen LogP contribution in [0.5, 0.6) is 5.75 Å². The van der Waals surface area contributed by atoms with Crippen molar-refractivity contribution in [3.05, 3.63) is 30.0 Å². The van der Waals surface area contributed by atoms with Crippen LogP contribution in [0.4, 0.5) is 14.9 Å². The van der Waals surface area contributed by atoms with E-state index in [9.17, 15) is 14.0 Å². The van der Waals surface area contributed by atoms with Crippen LogP contribution in [0.1, 0.15) is 10.4 Å². The molecule has 4 rings (SSSR count). The molecule has 136 valence electrons. The van der Waals surface area contributed by atoms with Crippen molar-refractivity contribution in [2.75, 3.05) is 25.2 Å². The summed E-state index contributed by atoms with van der Waals surface area (Å²) >= 11 is 0. The molecule has 26 heavy (non-hydrogen) atoms. The monoisotopic (exact) mass is 360 g/mol. The van der Waals surface area contributed by atoms with Crippen LogP contribution < -0.4 is 20.7 Å². The molecule has 0 saturated carbocycles. The predicted molar refractivity (Wildman–Crippen MR) is 91.1 cm³/mol. The fourth-order valence-electron chi connectivity index (χ4n) is 3.71. The Bertz CT molecular complexity index is 906. The molecule has 0 aliphatic carbocycles. The van der Waals surface area contributed by atoms with Gasteiger partial charge in [-0.15, -0.1) is 0 Å². The van der Waals surface area contributed by atoms with Gasteiger partial charge < -0.3 is 25.4 Å². The van der Waals surface area contributed by atoms with Crippen molar-refractivity contribution >= 4 is 28.6 Å². The van der Waals surface area contributed by atoms with E-state index in [0.29, 0.717) is 23.2 Å². The smallest absolute Gasteiger partial charge is 0.407 e. The number of aromatic nitrogens is 1. The van der Waals surface area contributed by atoms with Crippen LogP contribution >= 0.6 is 0 Å². The molecule has 3 atom stereocenters. The molecule has 9 heteroatoms. The first-order chi connectivity index (χ1) is 12.5. The van der Waals surface area contributed by atoms with Gasteiger partial charge in [0.15, 0.2) is 0 Å². The first-order valence-electron chi connectivity index (χ1n) is 8.09. The van der Waals surface area contributed by atoms with Gasteiger partial charge in [0.25, 0.3) is 5.91 Å².